The van der Waals surface area contributed by atoms with Crippen molar-refractivity contribution in [2.45, 2.75) is 6.16 Å². The second-order valence-electron chi connectivity index (χ2n) is 2.99. The molecule has 1 nitrogen and oxygen atoms in total. The first-order valence-corrected chi connectivity index (χ1v) is 5.71. The molecule has 1 aromatic carbocycles. The molecule has 2 aromatic rings. The zero-order valence-corrected chi connectivity index (χ0v) is 9.96. The smallest absolute Gasteiger partial charge is 0.0718 e. The van der Waals surface area contributed by atoms with E-state index in [2.05, 4.69) is 14.2 Å². The van der Waals surface area contributed by atoms with Crippen LogP contribution in [0.2, 0.25) is 10.0 Å². The van der Waals surface area contributed by atoms with Crippen molar-refractivity contribution in [3.05, 3.63) is 40.0 Å². The van der Waals surface area contributed by atoms with Crippen LogP contribution in [0.5, 0.6) is 0 Å². The molecule has 0 fully saturated rings. The first-order valence-electron chi connectivity index (χ1n) is 4.14. The average Bonchev–Trinajstić information content (AvgIpc) is 2.17. The maximum Gasteiger partial charge on any atom is 0.0718 e. The van der Waals surface area contributed by atoms with E-state index in [9.17, 15) is 0 Å². The Morgan fingerprint density at radius 2 is 2.00 bits per heavy atom. The highest BCUT2D eigenvalue weighted by atomic mass is 35.5. The molecule has 0 saturated heterocycles. The summed E-state index contributed by atoms with van der Waals surface area (Å²) in [5.41, 5.74) is 1.97. The molecular weight excluding hydrogens is 236 g/mol. The Morgan fingerprint density at radius 1 is 1.21 bits per heavy atom. The predicted molar refractivity (Wildman–Crippen MR) is 65.2 cm³/mol. The van der Waals surface area contributed by atoms with Crippen molar-refractivity contribution in [2.75, 3.05) is 0 Å². The SMILES string of the molecule is PCc1cc2cc(Cl)cnc2cc1Cl. The van der Waals surface area contributed by atoms with Gasteiger partial charge in [-0.15, -0.1) is 9.24 Å². The molecule has 0 aliphatic rings. The molecule has 0 amide bonds. The fourth-order valence-corrected chi connectivity index (χ4v) is 2.20. The normalized spacial score (nSPS) is 10.8. The van der Waals surface area contributed by atoms with Crippen LogP contribution in [0.15, 0.2) is 24.4 Å². The van der Waals surface area contributed by atoms with E-state index in [1.54, 1.807) is 6.20 Å². The second kappa shape index (κ2) is 4.02. The van der Waals surface area contributed by atoms with Crippen molar-refractivity contribution in [2.24, 2.45) is 0 Å². The minimum atomic E-state index is 0.648. The van der Waals surface area contributed by atoms with Gasteiger partial charge >= 0.3 is 0 Å². The lowest BCUT2D eigenvalue weighted by Gasteiger charge is -2.03. The number of aromatic nitrogens is 1. The Balaban J connectivity index is 2.73. The average molecular weight is 244 g/mol. The highest BCUT2D eigenvalue weighted by Crippen LogP contribution is 2.26. The summed E-state index contributed by atoms with van der Waals surface area (Å²) in [5.74, 6) is 0. The van der Waals surface area contributed by atoms with Crippen LogP contribution in [-0.2, 0) is 6.16 Å². The summed E-state index contributed by atoms with van der Waals surface area (Å²) in [6, 6.07) is 5.78. The number of rotatable bonds is 1. The van der Waals surface area contributed by atoms with Crippen LogP contribution in [0.1, 0.15) is 5.56 Å². The molecule has 0 aliphatic heterocycles. The van der Waals surface area contributed by atoms with Crippen molar-refractivity contribution >= 4 is 43.3 Å². The first kappa shape index (κ1) is 10.2. The molecule has 0 radical (unpaired) electrons. The summed E-state index contributed by atoms with van der Waals surface area (Å²) in [6.45, 7) is 0. The number of fused-ring (bicyclic) bond motifs is 1. The van der Waals surface area contributed by atoms with Gasteiger partial charge < -0.3 is 0 Å². The summed E-state index contributed by atoms with van der Waals surface area (Å²) in [4.78, 5) is 4.19. The third-order valence-corrected chi connectivity index (χ3v) is 3.03. The standard InChI is InChI=1S/C10H8Cl2NP/c11-8-2-6-1-7(5-14)9(12)3-10(6)13-4-8/h1-4H,5,14H2. The summed E-state index contributed by atoms with van der Waals surface area (Å²) in [5, 5.41) is 2.43. The van der Waals surface area contributed by atoms with Gasteiger partial charge in [-0.25, -0.2) is 0 Å². The number of benzene rings is 1. The Labute approximate surface area is 94.6 Å². The highest BCUT2D eigenvalue weighted by Gasteiger charge is 2.02. The first-order chi connectivity index (χ1) is 6.70. The molecular formula is C10H8Cl2NP. The van der Waals surface area contributed by atoms with Crippen LogP contribution in [0, 0.1) is 0 Å². The van der Waals surface area contributed by atoms with Crippen LogP contribution in [0.3, 0.4) is 0 Å². The van der Waals surface area contributed by atoms with E-state index in [4.69, 9.17) is 23.2 Å². The molecule has 0 bridgehead atoms. The molecule has 14 heavy (non-hydrogen) atoms. The Kier molecular flexibility index (Phi) is 2.92. The summed E-state index contributed by atoms with van der Waals surface area (Å²) in [6.07, 6.45) is 2.46. The topological polar surface area (TPSA) is 12.9 Å². The molecule has 0 N–H and O–H groups in total. The maximum absolute atomic E-state index is 6.06. The highest BCUT2D eigenvalue weighted by molar-refractivity contribution is 7.15. The summed E-state index contributed by atoms with van der Waals surface area (Å²) >= 11 is 11.9. The molecule has 72 valence electrons. The number of hydrogen-bond donors (Lipinski definition) is 0. The fraction of sp³-hybridized carbons (Fsp3) is 0.100. The predicted octanol–water partition coefficient (Wildman–Crippen LogP) is 3.92. The fourth-order valence-electron chi connectivity index (χ4n) is 1.33. The molecule has 0 spiro atoms. The molecule has 2 rings (SSSR count). The number of hydrogen-bond acceptors (Lipinski definition) is 1. The Hall–Kier alpha value is -0.360. The summed E-state index contributed by atoms with van der Waals surface area (Å²) < 4.78 is 0. The largest absolute Gasteiger partial charge is 0.255 e. The van der Waals surface area contributed by atoms with E-state index >= 15 is 0 Å². The van der Waals surface area contributed by atoms with Gasteiger partial charge in [0.15, 0.2) is 0 Å². The van der Waals surface area contributed by atoms with E-state index in [-0.39, 0.29) is 0 Å². The third kappa shape index (κ3) is 1.86. The zero-order chi connectivity index (χ0) is 10.1. The zero-order valence-electron chi connectivity index (χ0n) is 7.30. The van der Waals surface area contributed by atoms with Crippen molar-refractivity contribution in [3.63, 3.8) is 0 Å². The lowest BCUT2D eigenvalue weighted by atomic mass is 10.1. The molecule has 1 atom stereocenters. The van der Waals surface area contributed by atoms with E-state index in [1.165, 1.54) is 0 Å². The maximum atomic E-state index is 6.06. The third-order valence-electron chi connectivity index (χ3n) is 2.04. The van der Waals surface area contributed by atoms with Gasteiger partial charge in [0, 0.05) is 16.6 Å². The van der Waals surface area contributed by atoms with Crippen LogP contribution in [-0.4, -0.2) is 4.98 Å². The van der Waals surface area contributed by atoms with Crippen molar-refractivity contribution in [3.8, 4) is 0 Å². The molecule has 1 unspecified atom stereocenters. The second-order valence-corrected chi connectivity index (χ2v) is 4.25. The van der Waals surface area contributed by atoms with E-state index in [0.29, 0.717) is 5.02 Å². The Bertz CT molecular complexity index is 485. The molecule has 1 aromatic heterocycles. The van der Waals surface area contributed by atoms with Gasteiger partial charge in [0.05, 0.1) is 10.5 Å². The van der Waals surface area contributed by atoms with Gasteiger partial charge in [-0.05, 0) is 29.9 Å². The minimum absolute atomic E-state index is 0.648. The number of halogens is 2. The van der Waals surface area contributed by atoms with Crippen molar-refractivity contribution in [1.82, 2.24) is 4.98 Å². The monoisotopic (exact) mass is 243 g/mol. The van der Waals surface area contributed by atoms with Gasteiger partial charge in [-0.2, -0.15) is 0 Å². The Morgan fingerprint density at radius 3 is 2.71 bits per heavy atom. The number of pyridine rings is 1. The molecule has 0 aliphatic carbocycles. The van der Waals surface area contributed by atoms with Crippen LogP contribution >= 0.6 is 32.4 Å². The van der Waals surface area contributed by atoms with E-state index in [0.717, 1.165) is 27.7 Å². The number of nitrogens with zero attached hydrogens (tertiary/aromatic N) is 1. The van der Waals surface area contributed by atoms with Gasteiger partial charge in [0.25, 0.3) is 0 Å². The van der Waals surface area contributed by atoms with Crippen LogP contribution in [0.25, 0.3) is 10.9 Å². The van der Waals surface area contributed by atoms with Crippen LogP contribution < -0.4 is 0 Å². The molecule has 4 heteroatoms. The lowest BCUT2D eigenvalue weighted by Crippen LogP contribution is -1.84. The quantitative estimate of drug-likeness (QED) is 0.693. The van der Waals surface area contributed by atoms with Crippen molar-refractivity contribution < 1.29 is 0 Å². The molecule has 1 heterocycles. The van der Waals surface area contributed by atoms with Gasteiger partial charge in [0.2, 0.25) is 0 Å². The van der Waals surface area contributed by atoms with Gasteiger partial charge in [-0.3, -0.25) is 4.98 Å². The molecule has 0 saturated carbocycles. The van der Waals surface area contributed by atoms with Gasteiger partial charge in [0.1, 0.15) is 0 Å². The van der Waals surface area contributed by atoms with E-state index < -0.39 is 0 Å². The minimum Gasteiger partial charge on any atom is -0.255 e. The van der Waals surface area contributed by atoms with E-state index in [1.807, 2.05) is 18.2 Å². The van der Waals surface area contributed by atoms with Crippen molar-refractivity contribution in [1.29, 1.82) is 0 Å². The lowest BCUT2D eigenvalue weighted by molar-refractivity contribution is 1.38. The summed E-state index contributed by atoms with van der Waals surface area (Å²) in [7, 11) is 2.65. The van der Waals surface area contributed by atoms with Crippen LogP contribution in [0.4, 0.5) is 0 Å². The van der Waals surface area contributed by atoms with Gasteiger partial charge in [-0.1, -0.05) is 23.2 Å².